The first-order valence-electron chi connectivity index (χ1n) is 9.01. The molecule has 0 saturated carbocycles. The van der Waals surface area contributed by atoms with Gasteiger partial charge in [0.05, 0.1) is 11.4 Å². The van der Waals surface area contributed by atoms with Crippen molar-refractivity contribution in [3.63, 3.8) is 0 Å². The molecule has 4 aromatic rings. The topological polar surface area (TPSA) is 32.6 Å². The molecule has 0 fully saturated rings. The molecule has 2 nitrogen and oxygen atoms in total. The Morgan fingerprint density at radius 3 is 1.83 bits per heavy atom. The van der Waals surface area contributed by atoms with Crippen molar-refractivity contribution < 1.29 is 20.2 Å². The van der Waals surface area contributed by atoms with E-state index in [4.69, 9.17) is 4.99 Å². The van der Waals surface area contributed by atoms with E-state index >= 15 is 0 Å². The summed E-state index contributed by atoms with van der Waals surface area (Å²) in [6, 6.07) is 35.5. The van der Waals surface area contributed by atoms with E-state index in [0.29, 0.717) is 5.56 Å². The molecule has 4 heteroatoms. The van der Waals surface area contributed by atoms with Crippen molar-refractivity contribution in [2.24, 2.45) is 4.99 Å². The van der Waals surface area contributed by atoms with Gasteiger partial charge in [-0.05, 0) is 23.8 Å². The Labute approximate surface area is 183 Å². The van der Waals surface area contributed by atoms with Crippen molar-refractivity contribution in [3.05, 3.63) is 120 Å². The van der Waals surface area contributed by atoms with Crippen LogP contribution in [0.5, 0.6) is 5.75 Å². The Bertz CT molecular complexity index is 1070. The van der Waals surface area contributed by atoms with Crippen LogP contribution in [0.1, 0.15) is 11.1 Å². The number of phenolic OH excluding ortho intramolecular Hbond substituents is 1. The zero-order chi connectivity index (χ0) is 20.5. The molecular weight excluding hydrogens is 429 g/mol. The summed E-state index contributed by atoms with van der Waals surface area (Å²) in [6.07, 6.45) is 0. The molecule has 0 aromatic heterocycles. The van der Waals surface area contributed by atoms with E-state index < -0.39 is 0 Å². The van der Waals surface area contributed by atoms with Gasteiger partial charge in [0.1, 0.15) is 5.75 Å². The minimum absolute atomic E-state index is 0.238. The average molecular weight is 448 g/mol. The zero-order valence-corrected chi connectivity index (χ0v) is 17.2. The predicted molar refractivity (Wildman–Crippen MR) is 118 cm³/mol. The number of hydrogen-bond acceptors (Lipinski definition) is 2. The van der Waals surface area contributed by atoms with E-state index in [1.165, 1.54) is 0 Å². The maximum atomic E-state index is 11.1. The van der Waals surface area contributed by atoms with Crippen LogP contribution in [0.2, 0.25) is 0 Å². The molecular formula is C25H19ClCuNO. The van der Waals surface area contributed by atoms with Crippen LogP contribution >= 0.6 is 10.1 Å². The standard InChI is InChI=1S/C25H19NO.ClH.Cu/c27-25-22(19-11-4-1-5-12-19)17-10-18-23(25)24(20-13-6-2-7-14-20)26-21-15-8-3-9-16-21;;/h1-18,27H;1H;/q;;+1/p-1. The van der Waals surface area contributed by atoms with Gasteiger partial charge in [-0.2, -0.15) is 0 Å². The summed E-state index contributed by atoms with van der Waals surface area (Å²) in [5, 5.41) is 11.1. The van der Waals surface area contributed by atoms with Crippen LogP contribution in [0.4, 0.5) is 5.69 Å². The number of halogens is 1. The summed E-state index contributed by atoms with van der Waals surface area (Å²) in [4.78, 5) is 4.85. The SMILES string of the molecule is Oc1c(C(=Nc2ccccc2)c2ccccc2)cccc1-c1ccccc1.[Cl][Cu]. The van der Waals surface area contributed by atoms with Gasteiger partial charge in [0.2, 0.25) is 0 Å². The molecule has 0 atom stereocenters. The van der Waals surface area contributed by atoms with Crippen molar-refractivity contribution in [1.29, 1.82) is 0 Å². The Kier molecular flexibility index (Phi) is 7.66. The van der Waals surface area contributed by atoms with Gasteiger partial charge in [0.15, 0.2) is 0 Å². The Balaban J connectivity index is 0.00000117. The van der Waals surface area contributed by atoms with Gasteiger partial charge in [-0.1, -0.05) is 91.0 Å². The van der Waals surface area contributed by atoms with Crippen LogP contribution in [0, 0.1) is 0 Å². The number of rotatable bonds is 4. The second kappa shape index (κ2) is 10.6. The van der Waals surface area contributed by atoms with Crippen molar-refractivity contribution in [2.75, 3.05) is 0 Å². The Hall–Kier alpha value is -2.84. The molecule has 0 bridgehead atoms. The van der Waals surface area contributed by atoms with Crippen molar-refractivity contribution in [3.8, 4) is 16.9 Å². The molecule has 0 saturated heterocycles. The molecule has 0 unspecified atom stereocenters. The molecule has 0 amide bonds. The summed E-state index contributed by atoms with van der Waals surface area (Å²) in [7, 11) is 4.20. The third kappa shape index (κ3) is 5.16. The van der Waals surface area contributed by atoms with Gasteiger partial charge in [-0.25, -0.2) is 4.99 Å². The zero-order valence-electron chi connectivity index (χ0n) is 15.5. The molecule has 1 N–H and O–H groups in total. The average Bonchev–Trinajstić information content (AvgIpc) is 2.81. The van der Waals surface area contributed by atoms with Gasteiger partial charge in [0.25, 0.3) is 0 Å². The van der Waals surface area contributed by atoms with Crippen LogP contribution < -0.4 is 0 Å². The molecule has 0 spiro atoms. The van der Waals surface area contributed by atoms with Crippen LogP contribution in [0.15, 0.2) is 114 Å². The van der Waals surface area contributed by atoms with Crippen LogP contribution in [0.3, 0.4) is 0 Å². The van der Waals surface area contributed by atoms with Crippen molar-refractivity contribution >= 4 is 21.5 Å². The molecule has 4 aromatic carbocycles. The summed E-state index contributed by atoms with van der Waals surface area (Å²) in [5.74, 6) is 0.238. The van der Waals surface area contributed by atoms with Gasteiger partial charge in [0, 0.05) is 16.7 Å². The second-order valence-electron chi connectivity index (χ2n) is 6.23. The number of para-hydroxylation sites is 2. The molecule has 0 aliphatic heterocycles. The monoisotopic (exact) mass is 447 g/mol. The van der Waals surface area contributed by atoms with E-state index in [2.05, 4.69) is 25.2 Å². The van der Waals surface area contributed by atoms with E-state index in [1.807, 2.05) is 109 Å². The van der Waals surface area contributed by atoms with Gasteiger partial charge >= 0.3 is 25.2 Å². The molecule has 0 heterocycles. The van der Waals surface area contributed by atoms with Gasteiger partial charge in [-0.15, -0.1) is 0 Å². The van der Waals surface area contributed by atoms with E-state index in [-0.39, 0.29) is 5.75 Å². The fourth-order valence-electron chi connectivity index (χ4n) is 3.09. The van der Waals surface area contributed by atoms with E-state index in [1.54, 1.807) is 0 Å². The van der Waals surface area contributed by atoms with Gasteiger partial charge in [-0.3, -0.25) is 0 Å². The normalized spacial score (nSPS) is 10.8. The summed E-state index contributed by atoms with van der Waals surface area (Å²) >= 11 is 3.66. The number of nitrogens with zero attached hydrogens (tertiary/aromatic N) is 1. The molecule has 148 valence electrons. The first kappa shape index (κ1) is 20.9. The van der Waals surface area contributed by atoms with Crippen molar-refractivity contribution in [2.45, 2.75) is 0 Å². The number of aliphatic imine (C=N–C) groups is 1. The fraction of sp³-hybridized carbons (Fsp3) is 0. The number of aromatic hydroxyl groups is 1. The fourth-order valence-corrected chi connectivity index (χ4v) is 3.09. The Morgan fingerprint density at radius 2 is 1.21 bits per heavy atom. The summed E-state index contributed by atoms with van der Waals surface area (Å²) in [5.41, 5.74) is 5.04. The first-order valence-corrected chi connectivity index (χ1v) is 10.3. The van der Waals surface area contributed by atoms with E-state index in [0.717, 1.165) is 28.1 Å². The number of hydrogen-bond donors (Lipinski definition) is 1. The number of benzene rings is 4. The van der Waals surface area contributed by atoms with E-state index in [9.17, 15) is 5.11 Å². The molecule has 29 heavy (non-hydrogen) atoms. The van der Waals surface area contributed by atoms with Crippen LogP contribution in [0.25, 0.3) is 11.1 Å². The first-order chi connectivity index (χ1) is 14.3. The quantitative estimate of drug-likeness (QED) is 0.267. The van der Waals surface area contributed by atoms with Crippen LogP contribution in [-0.4, -0.2) is 10.8 Å². The second-order valence-corrected chi connectivity index (χ2v) is 6.23. The maximum absolute atomic E-state index is 11.1. The summed E-state index contributed by atoms with van der Waals surface area (Å²) < 4.78 is 0. The Morgan fingerprint density at radius 1 is 0.655 bits per heavy atom. The number of phenols is 1. The molecule has 0 aliphatic carbocycles. The molecule has 4 rings (SSSR count). The molecule has 0 aliphatic rings. The minimum atomic E-state index is 0.238. The predicted octanol–water partition coefficient (Wildman–Crippen LogP) is 6.92. The van der Waals surface area contributed by atoms with Crippen molar-refractivity contribution in [1.82, 2.24) is 0 Å². The summed E-state index contributed by atoms with van der Waals surface area (Å²) in [6.45, 7) is 0. The third-order valence-corrected chi connectivity index (χ3v) is 4.42. The van der Waals surface area contributed by atoms with Crippen LogP contribution in [-0.2, 0) is 15.1 Å². The third-order valence-electron chi connectivity index (χ3n) is 4.42. The van der Waals surface area contributed by atoms with Gasteiger partial charge < -0.3 is 5.11 Å². The molecule has 0 radical (unpaired) electrons.